The van der Waals surface area contributed by atoms with E-state index in [9.17, 15) is 5.11 Å². The summed E-state index contributed by atoms with van der Waals surface area (Å²) in [6.07, 6.45) is 3.37. The fraction of sp³-hybridized carbons (Fsp3) is 0.667. The third kappa shape index (κ3) is 2.18. The maximum absolute atomic E-state index is 9.22. The number of aliphatic hydroxyl groups is 1. The van der Waals surface area contributed by atoms with E-state index in [0.29, 0.717) is 6.04 Å². The van der Waals surface area contributed by atoms with E-state index in [2.05, 4.69) is 31.4 Å². The van der Waals surface area contributed by atoms with Gasteiger partial charge < -0.3 is 9.67 Å². The number of aliphatic hydroxyl groups excluding tert-OH is 1. The first kappa shape index (κ1) is 11.3. The molecule has 0 amide bonds. The van der Waals surface area contributed by atoms with Gasteiger partial charge >= 0.3 is 0 Å². The molecule has 2 nitrogen and oxygen atoms in total. The Kier molecular flexibility index (Phi) is 4.21. The molecule has 0 spiro atoms. The molecule has 1 heterocycles. The van der Waals surface area contributed by atoms with Gasteiger partial charge in [0.05, 0.1) is 6.61 Å². The van der Waals surface area contributed by atoms with Gasteiger partial charge in [-0.1, -0.05) is 20.3 Å². The van der Waals surface area contributed by atoms with Crippen LogP contribution in [0.1, 0.15) is 51.0 Å². The van der Waals surface area contributed by atoms with Crippen molar-refractivity contribution in [2.75, 3.05) is 0 Å². The SMILES string of the molecule is CCCc1ccc(CO)n1C(C)CC. The molecule has 1 atom stereocenters. The second-order valence-electron chi connectivity index (χ2n) is 3.85. The van der Waals surface area contributed by atoms with Crippen molar-refractivity contribution in [3.8, 4) is 0 Å². The Morgan fingerprint density at radius 3 is 2.43 bits per heavy atom. The molecule has 0 bridgehead atoms. The molecule has 1 rings (SSSR count). The topological polar surface area (TPSA) is 25.2 Å². The Morgan fingerprint density at radius 1 is 1.29 bits per heavy atom. The lowest BCUT2D eigenvalue weighted by molar-refractivity contribution is 0.265. The van der Waals surface area contributed by atoms with Gasteiger partial charge in [-0.15, -0.1) is 0 Å². The number of hydrogen-bond acceptors (Lipinski definition) is 1. The molecular weight excluding hydrogens is 174 g/mol. The highest BCUT2D eigenvalue weighted by atomic mass is 16.3. The molecule has 0 aliphatic rings. The third-order valence-corrected chi connectivity index (χ3v) is 2.79. The van der Waals surface area contributed by atoms with Gasteiger partial charge in [-0.05, 0) is 31.9 Å². The van der Waals surface area contributed by atoms with Crippen LogP contribution in [0.5, 0.6) is 0 Å². The van der Waals surface area contributed by atoms with Gasteiger partial charge in [0.25, 0.3) is 0 Å². The van der Waals surface area contributed by atoms with E-state index in [1.54, 1.807) is 0 Å². The van der Waals surface area contributed by atoms with Crippen LogP contribution < -0.4 is 0 Å². The predicted octanol–water partition coefficient (Wildman–Crippen LogP) is 2.90. The highest BCUT2D eigenvalue weighted by Gasteiger charge is 2.11. The fourth-order valence-electron chi connectivity index (χ4n) is 1.87. The number of aryl methyl sites for hydroxylation is 1. The van der Waals surface area contributed by atoms with Gasteiger partial charge in [-0.3, -0.25) is 0 Å². The van der Waals surface area contributed by atoms with Crippen LogP contribution in [0.4, 0.5) is 0 Å². The minimum Gasteiger partial charge on any atom is -0.390 e. The number of nitrogens with zero attached hydrogens (tertiary/aromatic N) is 1. The molecule has 1 aromatic rings. The normalized spacial score (nSPS) is 13.1. The van der Waals surface area contributed by atoms with Gasteiger partial charge in [-0.25, -0.2) is 0 Å². The Balaban J connectivity index is 2.99. The molecule has 2 heteroatoms. The predicted molar refractivity (Wildman–Crippen MR) is 59.4 cm³/mol. The Hall–Kier alpha value is -0.760. The molecular formula is C12H21NO. The van der Waals surface area contributed by atoms with Crippen molar-refractivity contribution in [2.24, 2.45) is 0 Å². The highest BCUT2D eigenvalue weighted by molar-refractivity contribution is 5.17. The van der Waals surface area contributed by atoms with Gasteiger partial charge in [0.2, 0.25) is 0 Å². The van der Waals surface area contributed by atoms with Crippen LogP contribution in [-0.4, -0.2) is 9.67 Å². The Labute approximate surface area is 86.6 Å². The van der Waals surface area contributed by atoms with Crippen LogP contribution in [0, 0.1) is 0 Å². The summed E-state index contributed by atoms with van der Waals surface area (Å²) in [5, 5.41) is 9.22. The number of aromatic nitrogens is 1. The molecule has 1 N–H and O–H groups in total. The summed E-state index contributed by atoms with van der Waals surface area (Å²) in [5.74, 6) is 0. The second kappa shape index (κ2) is 5.20. The van der Waals surface area contributed by atoms with Crippen molar-refractivity contribution in [1.82, 2.24) is 4.57 Å². The highest BCUT2D eigenvalue weighted by Crippen LogP contribution is 2.20. The maximum Gasteiger partial charge on any atom is 0.0833 e. The van der Waals surface area contributed by atoms with Crippen molar-refractivity contribution >= 4 is 0 Å². The van der Waals surface area contributed by atoms with Crippen molar-refractivity contribution in [3.63, 3.8) is 0 Å². The van der Waals surface area contributed by atoms with E-state index >= 15 is 0 Å². The van der Waals surface area contributed by atoms with E-state index in [1.807, 2.05) is 6.07 Å². The molecule has 1 aromatic heterocycles. The van der Waals surface area contributed by atoms with E-state index in [1.165, 1.54) is 5.69 Å². The lowest BCUT2D eigenvalue weighted by atomic mass is 10.2. The van der Waals surface area contributed by atoms with Gasteiger partial charge in [0.1, 0.15) is 0 Å². The summed E-state index contributed by atoms with van der Waals surface area (Å²) >= 11 is 0. The summed E-state index contributed by atoms with van der Waals surface area (Å²) in [5.41, 5.74) is 2.40. The maximum atomic E-state index is 9.22. The summed E-state index contributed by atoms with van der Waals surface area (Å²) in [4.78, 5) is 0. The van der Waals surface area contributed by atoms with Crippen LogP contribution in [0.25, 0.3) is 0 Å². The monoisotopic (exact) mass is 195 g/mol. The summed E-state index contributed by atoms with van der Waals surface area (Å²) in [6.45, 7) is 6.72. The molecule has 14 heavy (non-hydrogen) atoms. The second-order valence-corrected chi connectivity index (χ2v) is 3.85. The Bertz CT molecular complexity index is 278. The lowest BCUT2D eigenvalue weighted by Crippen LogP contribution is -2.11. The molecule has 0 aliphatic heterocycles. The van der Waals surface area contributed by atoms with Crippen molar-refractivity contribution in [1.29, 1.82) is 0 Å². The largest absolute Gasteiger partial charge is 0.390 e. The molecule has 0 radical (unpaired) electrons. The van der Waals surface area contributed by atoms with Gasteiger partial charge in [-0.2, -0.15) is 0 Å². The fourth-order valence-corrected chi connectivity index (χ4v) is 1.87. The van der Waals surface area contributed by atoms with Crippen LogP contribution in [0.2, 0.25) is 0 Å². The third-order valence-electron chi connectivity index (χ3n) is 2.79. The number of hydrogen-bond donors (Lipinski definition) is 1. The van der Waals surface area contributed by atoms with E-state index in [0.717, 1.165) is 25.0 Å². The number of rotatable bonds is 5. The minimum absolute atomic E-state index is 0.147. The van der Waals surface area contributed by atoms with E-state index in [4.69, 9.17) is 0 Å². The van der Waals surface area contributed by atoms with Crippen molar-refractivity contribution < 1.29 is 5.11 Å². The van der Waals surface area contributed by atoms with E-state index < -0.39 is 0 Å². The van der Waals surface area contributed by atoms with Crippen LogP contribution in [0.15, 0.2) is 12.1 Å². The summed E-state index contributed by atoms with van der Waals surface area (Å²) in [6, 6.07) is 4.67. The zero-order valence-electron chi connectivity index (χ0n) is 9.45. The molecule has 0 aromatic carbocycles. The zero-order chi connectivity index (χ0) is 10.6. The summed E-state index contributed by atoms with van der Waals surface area (Å²) < 4.78 is 2.28. The van der Waals surface area contributed by atoms with Gasteiger partial charge in [0.15, 0.2) is 0 Å². The lowest BCUT2D eigenvalue weighted by Gasteiger charge is -2.18. The first-order valence-electron chi connectivity index (χ1n) is 5.54. The zero-order valence-corrected chi connectivity index (χ0v) is 9.45. The smallest absolute Gasteiger partial charge is 0.0833 e. The van der Waals surface area contributed by atoms with Crippen LogP contribution >= 0.6 is 0 Å². The molecule has 0 aliphatic carbocycles. The van der Waals surface area contributed by atoms with Crippen molar-refractivity contribution in [2.45, 2.75) is 52.7 Å². The Morgan fingerprint density at radius 2 is 1.93 bits per heavy atom. The first-order valence-corrected chi connectivity index (χ1v) is 5.54. The molecule has 0 saturated carbocycles. The average Bonchev–Trinajstić information content (AvgIpc) is 2.60. The molecule has 1 unspecified atom stereocenters. The average molecular weight is 195 g/mol. The summed E-state index contributed by atoms with van der Waals surface area (Å²) in [7, 11) is 0. The quantitative estimate of drug-likeness (QED) is 0.768. The molecule has 0 fully saturated rings. The van der Waals surface area contributed by atoms with Crippen LogP contribution in [-0.2, 0) is 13.0 Å². The molecule has 0 saturated heterocycles. The minimum atomic E-state index is 0.147. The van der Waals surface area contributed by atoms with Crippen molar-refractivity contribution in [3.05, 3.63) is 23.5 Å². The first-order chi connectivity index (χ1) is 6.74. The van der Waals surface area contributed by atoms with E-state index in [-0.39, 0.29) is 6.61 Å². The van der Waals surface area contributed by atoms with Gasteiger partial charge in [0, 0.05) is 17.4 Å². The standard InChI is InChI=1S/C12H21NO/c1-4-6-11-7-8-12(9-14)13(11)10(3)5-2/h7-8,10,14H,4-6,9H2,1-3H3. The molecule has 80 valence electrons. The van der Waals surface area contributed by atoms with Crippen LogP contribution in [0.3, 0.4) is 0 Å².